The summed E-state index contributed by atoms with van der Waals surface area (Å²) in [6, 6.07) is 5.58. The Kier molecular flexibility index (Phi) is 4.73. The molecule has 0 spiro atoms. The lowest BCUT2D eigenvalue weighted by Gasteiger charge is -2.27. The van der Waals surface area contributed by atoms with E-state index in [2.05, 4.69) is 15.2 Å². The molecule has 3 aromatic rings. The molecule has 3 heterocycles. The maximum absolute atomic E-state index is 12.8. The monoisotopic (exact) mass is 418 g/mol. The Morgan fingerprint density at radius 3 is 2.47 bits per heavy atom. The molecule has 1 saturated carbocycles. The van der Waals surface area contributed by atoms with Crippen LogP contribution in [0.1, 0.15) is 24.0 Å². The molecule has 1 aliphatic heterocycles. The van der Waals surface area contributed by atoms with E-state index in [9.17, 15) is 13.2 Å². The van der Waals surface area contributed by atoms with Gasteiger partial charge >= 0.3 is 6.18 Å². The normalized spacial score (nSPS) is 17.5. The highest BCUT2D eigenvalue weighted by atomic mass is 19.4. The quantitative estimate of drug-likeness (QED) is 0.686. The van der Waals surface area contributed by atoms with Crippen molar-refractivity contribution in [1.82, 2.24) is 19.5 Å². The minimum atomic E-state index is -4.34. The van der Waals surface area contributed by atoms with Crippen molar-refractivity contribution in [1.29, 1.82) is 0 Å². The van der Waals surface area contributed by atoms with Crippen molar-refractivity contribution in [3.8, 4) is 0 Å². The van der Waals surface area contributed by atoms with Crippen LogP contribution in [-0.4, -0.2) is 51.9 Å². The van der Waals surface area contributed by atoms with Crippen molar-refractivity contribution in [2.24, 2.45) is 0 Å². The molecule has 0 atom stereocenters. The van der Waals surface area contributed by atoms with E-state index in [1.54, 1.807) is 6.33 Å². The number of morpholine rings is 1. The predicted octanol–water partition coefficient (Wildman–Crippen LogP) is 3.30. The zero-order valence-corrected chi connectivity index (χ0v) is 16.2. The first-order valence-electron chi connectivity index (χ1n) is 9.95. The number of imidazole rings is 1. The molecule has 1 aliphatic carbocycles. The molecule has 2 aromatic heterocycles. The van der Waals surface area contributed by atoms with Crippen LogP contribution in [0.3, 0.4) is 0 Å². The SMILES string of the molecule is FC(F)(F)c1ccc(Cn2cnc3c(NC4CC4)nc(N4CCOCC4)nc32)cc1. The minimum absolute atomic E-state index is 0.372. The Morgan fingerprint density at radius 2 is 1.80 bits per heavy atom. The van der Waals surface area contributed by atoms with Gasteiger partial charge in [-0.3, -0.25) is 0 Å². The molecule has 0 radical (unpaired) electrons. The van der Waals surface area contributed by atoms with Crippen LogP contribution in [-0.2, 0) is 17.5 Å². The second-order valence-electron chi connectivity index (χ2n) is 7.63. The molecule has 30 heavy (non-hydrogen) atoms. The number of halogens is 3. The number of nitrogens with one attached hydrogen (secondary N) is 1. The van der Waals surface area contributed by atoms with Gasteiger partial charge in [-0.25, -0.2) is 4.98 Å². The summed E-state index contributed by atoms with van der Waals surface area (Å²) in [6.07, 6.45) is -0.475. The fourth-order valence-corrected chi connectivity index (χ4v) is 3.47. The van der Waals surface area contributed by atoms with Gasteiger partial charge in [-0.15, -0.1) is 0 Å². The Morgan fingerprint density at radius 1 is 1.07 bits per heavy atom. The van der Waals surface area contributed by atoms with Gasteiger partial charge in [0.05, 0.1) is 31.6 Å². The molecule has 2 aliphatic rings. The zero-order chi connectivity index (χ0) is 20.7. The Hall–Kier alpha value is -2.88. The van der Waals surface area contributed by atoms with Crippen LogP contribution in [0, 0.1) is 0 Å². The van der Waals surface area contributed by atoms with Gasteiger partial charge in [-0.1, -0.05) is 12.1 Å². The molecule has 0 unspecified atom stereocenters. The van der Waals surface area contributed by atoms with Gasteiger partial charge in [0, 0.05) is 19.1 Å². The second-order valence-corrected chi connectivity index (χ2v) is 7.63. The molecule has 2 fully saturated rings. The number of alkyl halides is 3. The van der Waals surface area contributed by atoms with E-state index in [0.29, 0.717) is 61.8 Å². The molecule has 1 saturated heterocycles. The summed E-state index contributed by atoms with van der Waals surface area (Å²) in [5.74, 6) is 1.32. The number of nitrogens with zero attached hydrogens (tertiary/aromatic N) is 5. The summed E-state index contributed by atoms with van der Waals surface area (Å²) >= 11 is 0. The van der Waals surface area contributed by atoms with Crippen molar-refractivity contribution in [2.75, 3.05) is 36.5 Å². The molecule has 0 bridgehead atoms. The van der Waals surface area contributed by atoms with Crippen molar-refractivity contribution in [3.05, 3.63) is 41.7 Å². The smallest absolute Gasteiger partial charge is 0.378 e. The molecular weight excluding hydrogens is 397 g/mol. The Balaban J connectivity index is 1.48. The van der Waals surface area contributed by atoms with Crippen LogP contribution in [0.2, 0.25) is 0 Å². The van der Waals surface area contributed by atoms with Gasteiger partial charge in [0.2, 0.25) is 5.95 Å². The summed E-state index contributed by atoms with van der Waals surface area (Å²) in [6.45, 7) is 3.04. The third kappa shape index (κ3) is 3.91. The van der Waals surface area contributed by atoms with Crippen molar-refractivity contribution < 1.29 is 17.9 Å². The third-order valence-corrected chi connectivity index (χ3v) is 5.30. The van der Waals surface area contributed by atoms with Crippen LogP contribution in [0.25, 0.3) is 11.2 Å². The van der Waals surface area contributed by atoms with Crippen molar-refractivity contribution in [3.63, 3.8) is 0 Å². The minimum Gasteiger partial charge on any atom is -0.378 e. The van der Waals surface area contributed by atoms with Crippen molar-refractivity contribution >= 4 is 22.9 Å². The molecule has 158 valence electrons. The number of anilines is 2. The molecule has 0 amide bonds. The van der Waals surface area contributed by atoms with E-state index < -0.39 is 11.7 Å². The Bertz CT molecular complexity index is 1040. The third-order valence-electron chi connectivity index (χ3n) is 5.30. The second kappa shape index (κ2) is 7.42. The number of rotatable bonds is 5. The van der Waals surface area contributed by atoms with Gasteiger partial charge in [0.25, 0.3) is 0 Å². The van der Waals surface area contributed by atoms with Crippen LogP contribution in [0.15, 0.2) is 30.6 Å². The van der Waals surface area contributed by atoms with Gasteiger partial charge < -0.3 is 19.5 Å². The van der Waals surface area contributed by atoms with Gasteiger partial charge in [0.15, 0.2) is 17.0 Å². The highest BCUT2D eigenvalue weighted by Crippen LogP contribution is 2.31. The first-order chi connectivity index (χ1) is 14.5. The topological polar surface area (TPSA) is 68.1 Å². The number of aromatic nitrogens is 4. The van der Waals surface area contributed by atoms with E-state index in [1.807, 2.05) is 4.57 Å². The average Bonchev–Trinajstić information content (AvgIpc) is 3.47. The standard InChI is InChI=1S/C20H21F3N6O/c21-20(22,23)14-3-1-13(2-4-14)11-29-12-24-16-17(25-15-5-6-15)26-19(27-18(16)29)28-7-9-30-10-8-28/h1-4,12,15H,5-11H2,(H,25,26,27). The number of ether oxygens (including phenoxy) is 1. The fraction of sp³-hybridized carbons (Fsp3) is 0.450. The maximum Gasteiger partial charge on any atom is 0.416 e. The van der Waals surface area contributed by atoms with Crippen molar-refractivity contribution in [2.45, 2.75) is 31.6 Å². The Labute approximate surface area is 170 Å². The number of benzene rings is 1. The lowest BCUT2D eigenvalue weighted by Crippen LogP contribution is -2.37. The molecule has 5 rings (SSSR count). The predicted molar refractivity (Wildman–Crippen MR) is 106 cm³/mol. The van der Waals surface area contributed by atoms with Gasteiger partial charge in [-0.2, -0.15) is 23.1 Å². The van der Waals surface area contributed by atoms with Gasteiger partial charge in [0.1, 0.15) is 0 Å². The van der Waals surface area contributed by atoms with Crippen LogP contribution in [0.5, 0.6) is 0 Å². The fourth-order valence-electron chi connectivity index (χ4n) is 3.47. The maximum atomic E-state index is 12.8. The molecular formula is C20H21F3N6O. The van der Waals surface area contributed by atoms with E-state index in [-0.39, 0.29) is 0 Å². The summed E-state index contributed by atoms with van der Waals surface area (Å²) in [4.78, 5) is 16.0. The average molecular weight is 418 g/mol. The van der Waals surface area contributed by atoms with Crippen LogP contribution >= 0.6 is 0 Å². The lowest BCUT2D eigenvalue weighted by atomic mass is 10.1. The lowest BCUT2D eigenvalue weighted by molar-refractivity contribution is -0.137. The molecule has 1 N–H and O–H groups in total. The molecule has 10 heteroatoms. The first kappa shape index (κ1) is 19.1. The number of hydrogen-bond acceptors (Lipinski definition) is 6. The van der Waals surface area contributed by atoms with Crippen LogP contribution < -0.4 is 10.2 Å². The molecule has 1 aromatic carbocycles. The van der Waals surface area contributed by atoms with E-state index in [0.717, 1.165) is 30.5 Å². The largest absolute Gasteiger partial charge is 0.416 e. The van der Waals surface area contributed by atoms with Crippen LogP contribution in [0.4, 0.5) is 24.9 Å². The van der Waals surface area contributed by atoms with E-state index in [1.165, 1.54) is 12.1 Å². The molecule has 7 nitrogen and oxygen atoms in total. The van der Waals surface area contributed by atoms with E-state index in [4.69, 9.17) is 14.7 Å². The summed E-state index contributed by atoms with van der Waals surface area (Å²) in [7, 11) is 0. The van der Waals surface area contributed by atoms with Gasteiger partial charge in [-0.05, 0) is 30.5 Å². The summed E-state index contributed by atoms with van der Waals surface area (Å²) in [5.41, 5.74) is 1.42. The zero-order valence-electron chi connectivity index (χ0n) is 16.2. The van der Waals surface area contributed by atoms with E-state index >= 15 is 0 Å². The first-order valence-corrected chi connectivity index (χ1v) is 9.95. The number of fused-ring (bicyclic) bond motifs is 1. The highest BCUT2D eigenvalue weighted by Gasteiger charge is 2.30. The summed E-state index contributed by atoms with van der Waals surface area (Å²) in [5, 5.41) is 3.43. The summed E-state index contributed by atoms with van der Waals surface area (Å²) < 4.78 is 45.8. The number of hydrogen-bond donors (Lipinski definition) is 1. The highest BCUT2D eigenvalue weighted by molar-refractivity contribution is 5.84.